The van der Waals surface area contributed by atoms with E-state index in [1.807, 2.05) is 11.8 Å². The molecule has 0 aliphatic carbocycles. The third kappa shape index (κ3) is 6.17. The maximum atomic E-state index is 5.38. The van der Waals surface area contributed by atoms with Crippen molar-refractivity contribution in [1.82, 2.24) is 5.32 Å². The second-order valence-corrected chi connectivity index (χ2v) is 7.24. The van der Waals surface area contributed by atoms with Crippen molar-refractivity contribution in [2.45, 2.75) is 30.6 Å². The van der Waals surface area contributed by atoms with Gasteiger partial charge in [0.15, 0.2) is 0 Å². The van der Waals surface area contributed by atoms with Gasteiger partial charge in [-0.1, -0.05) is 12.1 Å². The Morgan fingerprint density at radius 3 is 2.80 bits per heavy atom. The zero-order valence-corrected chi connectivity index (χ0v) is 14.3. The smallest absolute Gasteiger partial charge is 0.0469 e. The normalized spacial score (nSPS) is 16.4. The summed E-state index contributed by atoms with van der Waals surface area (Å²) in [6.07, 6.45) is 4.99. The molecule has 0 bridgehead atoms. The number of halogens is 1. The number of nitrogens with one attached hydrogen (secondary N) is 1. The number of hydrogen-bond donors (Lipinski definition) is 1. The number of benzene rings is 1. The molecule has 1 fully saturated rings. The maximum absolute atomic E-state index is 5.38. The van der Waals surface area contributed by atoms with Crippen molar-refractivity contribution in [3.05, 3.63) is 28.7 Å². The van der Waals surface area contributed by atoms with Crippen LogP contribution in [-0.4, -0.2) is 32.1 Å². The van der Waals surface area contributed by atoms with Gasteiger partial charge in [0, 0.05) is 22.6 Å². The fraction of sp³-hybridized carbons (Fsp3) is 0.625. The molecule has 20 heavy (non-hydrogen) atoms. The van der Waals surface area contributed by atoms with Crippen molar-refractivity contribution in [1.29, 1.82) is 0 Å². The fourth-order valence-electron chi connectivity index (χ4n) is 2.35. The van der Waals surface area contributed by atoms with Gasteiger partial charge in [0.25, 0.3) is 0 Å². The Morgan fingerprint density at radius 1 is 1.20 bits per heavy atom. The Kier molecular flexibility index (Phi) is 8.03. The van der Waals surface area contributed by atoms with Crippen LogP contribution in [0.25, 0.3) is 0 Å². The summed E-state index contributed by atoms with van der Waals surface area (Å²) in [6, 6.07) is 8.45. The lowest BCUT2D eigenvalue weighted by Gasteiger charge is -2.22. The molecule has 1 aromatic carbocycles. The summed E-state index contributed by atoms with van der Waals surface area (Å²) in [5.41, 5.74) is 0. The summed E-state index contributed by atoms with van der Waals surface area (Å²) in [4.78, 5) is 1.35. The van der Waals surface area contributed by atoms with E-state index in [-0.39, 0.29) is 0 Å². The predicted molar refractivity (Wildman–Crippen MR) is 90.5 cm³/mol. The number of hydrogen-bond acceptors (Lipinski definition) is 3. The number of unbranched alkanes of at least 4 members (excludes halogenated alkanes) is 1. The Morgan fingerprint density at radius 2 is 2.00 bits per heavy atom. The first kappa shape index (κ1) is 16.3. The minimum absolute atomic E-state index is 0.832. The van der Waals surface area contributed by atoms with Crippen LogP contribution in [0.15, 0.2) is 33.6 Å². The molecule has 1 aromatic rings. The van der Waals surface area contributed by atoms with Gasteiger partial charge in [0.2, 0.25) is 0 Å². The summed E-state index contributed by atoms with van der Waals surface area (Å²) in [7, 11) is 0. The molecule has 1 aliphatic rings. The number of ether oxygens (including phenoxy) is 1. The lowest BCUT2D eigenvalue weighted by Crippen LogP contribution is -2.28. The van der Waals surface area contributed by atoms with Gasteiger partial charge in [-0.05, 0) is 78.5 Å². The first-order valence-electron chi connectivity index (χ1n) is 7.52. The van der Waals surface area contributed by atoms with Crippen molar-refractivity contribution in [3.63, 3.8) is 0 Å². The summed E-state index contributed by atoms with van der Waals surface area (Å²) in [5, 5.41) is 3.59. The molecule has 0 amide bonds. The van der Waals surface area contributed by atoms with E-state index in [0.717, 1.165) is 25.7 Å². The van der Waals surface area contributed by atoms with E-state index in [2.05, 4.69) is 45.5 Å². The largest absolute Gasteiger partial charge is 0.381 e. The standard InChI is InChI=1S/C16H24BrNOS/c17-15-5-1-2-6-16(15)20-12-4-3-9-18-13-14-7-10-19-11-8-14/h1-2,5-6,14,18H,3-4,7-13H2. The van der Waals surface area contributed by atoms with Gasteiger partial charge in [0.05, 0.1) is 0 Å². The molecule has 4 heteroatoms. The molecule has 1 heterocycles. The van der Waals surface area contributed by atoms with Crippen LogP contribution in [0.1, 0.15) is 25.7 Å². The second kappa shape index (κ2) is 9.82. The molecular formula is C16H24BrNOS. The molecule has 2 rings (SSSR count). The summed E-state index contributed by atoms with van der Waals surface area (Å²) in [5.74, 6) is 2.03. The minimum atomic E-state index is 0.832. The van der Waals surface area contributed by atoms with Crippen LogP contribution < -0.4 is 5.32 Å². The van der Waals surface area contributed by atoms with Crippen LogP contribution in [-0.2, 0) is 4.74 Å². The average Bonchev–Trinajstić information content (AvgIpc) is 2.49. The predicted octanol–water partition coefficient (Wildman–Crippen LogP) is 4.34. The molecule has 0 spiro atoms. The molecule has 0 aromatic heterocycles. The minimum Gasteiger partial charge on any atom is -0.381 e. The van der Waals surface area contributed by atoms with Crippen LogP contribution in [0.5, 0.6) is 0 Å². The molecule has 112 valence electrons. The molecule has 0 unspecified atom stereocenters. The molecule has 1 N–H and O–H groups in total. The third-order valence-electron chi connectivity index (χ3n) is 3.62. The number of rotatable bonds is 8. The van der Waals surface area contributed by atoms with E-state index in [4.69, 9.17) is 4.74 Å². The zero-order chi connectivity index (χ0) is 14.0. The number of thioether (sulfide) groups is 1. The van der Waals surface area contributed by atoms with Crippen molar-refractivity contribution >= 4 is 27.7 Å². The molecule has 1 aliphatic heterocycles. The average molecular weight is 358 g/mol. The monoisotopic (exact) mass is 357 g/mol. The SMILES string of the molecule is Brc1ccccc1SCCCCNCC1CCOCC1. The fourth-order valence-corrected chi connectivity index (χ4v) is 3.93. The van der Waals surface area contributed by atoms with Crippen LogP contribution >= 0.6 is 27.7 Å². The molecular weight excluding hydrogens is 334 g/mol. The lowest BCUT2D eigenvalue weighted by molar-refractivity contribution is 0.0663. The van der Waals surface area contributed by atoms with Gasteiger partial charge in [-0.3, -0.25) is 0 Å². The Bertz CT molecular complexity index is 382. The van der Waals surface area contributed by atoms with Crippen molar-refractivity contribution in [2.24, 2.45) is 5.92 Å². The Balaban J connectivity index is 1.46. The molecule has 0 saturated carbocycles. The van der Waals surface area contributed by atoms with Gasteiger partial charge in [-0.25, -0.2) is 0 Å². The summed E-state index contributed by atoms with van der Waals surface area (Å²) >= 11 is 5.53. The van der Waals surface area contributed by atoms with Gasteiger partial charge in [-0.2, -0.15) is 0 Å². The highest BCUT2D eigenvalue weighted by Crippen LogP contribution is 2.27. The zero-order valence-electron chi connectivity index (χ0n) is 11.9. The molecule has 0 atom stereocenters. The third-order valence-corrected chi connectivity index (χ3v) is 5.73. The highest BCUT2D eigenvalue weighted by molar-refractivity contribution is 9.10. The van der Waals surface area contributed by atoms with Crippen LogP contribution in [0.3, 0.4) is 0 Å². The quantitative estimate of drug-likeness (QED) is 0.552. The van der Waals surface area contributed by atoms with E-state index in [1.54, 1.807) is 0 Å². The van der Waals surface area contributed by atoms with Crippen molar-refractivity contribution < 1.29 is 4.74 Å². The van der Waals surface area contributed by atoms with E-state index < -0.39 is 0 Å². The lowest BCUT2D eigenvalue weighted by atomic mass is 10.0. The summed E-state index contributed by atoms with van der Waals surface area (Å²) in [6.45, 7) is 4.22. The van der Waals surface area contributed by atoms with Crippen LogP contribution in [0.2, 0.25) is 0 Å². The molecule has 1 saturated heterocycles. The first-order valence-corrected chi connectivity index (χ1v) is 9.30. The van der Waals surface area contributed by atoms with Crippen molar-refractivity contribution in [2.75, 3.05) is 32.1 Å². The van der Waals surface area contributed by atoms with E-state index in [9.17, 15) is 0 Å². The van der Waals surface area contributed by atoms with Gasteiger partial charge < -0.3 is 10.1 Å². The Labute approximate surface area is 135 Å². The van der Waals surface area contributed by atoms with Crippen LogP contribution in [0.4, 0.5) is 0 Å². The van der Waals surface area contributed by atoms with Crippen molar-refractivity contribution in [3.8, 4) is 0 Å². The highest BCUT2D eigenvalue weighted by atomic mass is 79.9. The topological polar surface area (TPSA) is 21.3 Å². The Hall–Kier alpha value is -0.0300. The van der Waals surface area contributed by atoms with E-state index >= 15 is 0 Å². The van der Waals surface area contributed by atoms with Gasteiger partial charge in [-0.15, -0.1) is 11.8 Å². The van der Waals surface area contributed by atoms with E-state index in [1.165, 1.54) is 47.3 Å². The maximum Gasteiger partial charge on any atom is 0.0469 e. The van der Waals surface area contributed by atoms with Gasteiger partial charge in [0.1, 0.15) is 0 Å². The van der Waals surface area contributed by atoms with Crippen LogP contribution in [0, 0.1) is 5.92 Å². The first-order chi connectivity index (χ1) is 9.86. The van der Waals surface area contributed by atoms with E-state index in [0.29, 0.717) is 0 Å². The summed E-state index contributed by atoms with van der Waals surface area (Å²) < 4.78 is 6.59. The highest BCUT2D eigenvalue weighted by Gasteiger charge is 2.12. The molecule has 0 radical (unpaired) electrons. The second-order valence-electron chi connectivity index (χ2n) is 5.25. The van der Waals surface area contributed by atoms with Gasteiger partial charge >= 0.3 is 0 Å². The molecule has 2 nitrogen and oxygen atoms in total.